The van der Waals surface area contributed by atoms with Crippen molar-refractivity contribution < 1.29 is 19.3 Å². The highest BCUT2D eigenvalue weighted by molar-refractivity contribution is 5.76. The third-order valence-electron chi connectivity index (χ3n) is 5.28. The number of nitrogens with one attached hydrogen (secondary N) is 1. The maximum atomic E-state index is 12.8. The molecule has 0 bridgehead atoms. The van der Waals surface area contributed by atoms with Crippen molar-refractivity contribution in [2.24, 2.45) is 0 Å². The second-order valence-electron chi connectivity index (χ2n) is 7.15. The molecule has 2 aromatic heterocycles. The van der Waals surface area contributed by atoms with Gasteiger partial charge in [-0.1, -0.05) is 6.07 Å². The van der Waals surface area contributed by atoms with Crippen LogP contribution < -0.4 is 5.32 Å². The lowest BCUT2D eigenvalue weighted by Gasteiger charge is -2.36. The molecule has 0 spiro atoms. The van der Waals surface area contributed by atoms with Gasteiger partial charge in [-0.3, -0.25) is 4.79 Å². The molecule has 1 fully saturated rings. The van der Waals surface area contributed by atoms with Crippen LogP contribution in [0.15, 0.2) is 35.2 Å². The summed E-state index contributed by atoms with van der Waals surface area (Å²) in [5.41, 5.74) is 2.40. The molecule has 4 rings (SSSR count). The van der Waals surface area contributed by atoms with Gasteiger partial charge < -0.3 is 19.9 Å². The lowest BCUT2D eigenvalue weighted by Crippen LogP contribution is -2.48. The second kappa shape index (κ2) is 10.4. The van der Waals surface area contributed by atoms with Crippen LogP contribution in [-0.2, 0) is 17.9 Å². The van der Waals surface area contributed by atoms with Crippen molar-refractivity contribution in [1.29, 1.82) is 0 Å². The highest BCUT2D eigenvalue weighted by atomic mass is 16.6. The van der Waals surface area contributed by atoms with Gasteiger partial charge in [0.15, 0.2) is 0 Å². The topological polar surface area (TPSA) is 126 Å². The Morgan fingerprint density at radius 3 is 2.90 bits per heavy atom. The number of amides is 2. The number of aryl methyl sites for hydroxylation is 2. The first-order valence-corrected chi connectivity index (χ1v) is 9.93. The lowest BCUT2D eigenvalue weighted by molar-refractivity contribution is -0.122. The number of urea groups is 1. The summed E-state index contributed by atoms with van der Waals surface area (Å²) in [4.78, 5) is 27.4. The van der Waals surface area contributed by atoms with Crippen LogP contribution in [0.25, 0.3) is 11.0 Å². The fourth-order valence-corrected chi connectivity index (χ4v) is 3.71. The largest absolute Gasteiger partial charge is 0.483 e. The van der Waals surface area contributed by atoms with Gasteiger partial charge in [0.2, 0.25) is 0 Å². The summed E-state index contributed by atoms with van der Waals surface area (Å²) >= 11 is 0. The molecule has 3 heterocycles. The molecule has 2 N–H and O–H groups in total. The average Bonchev–Trinajstić information content (AvgIpc) is 3.39. The van der Waals surface area contributed by atoms with E-state index in [0.29, 0.717) is 12.1 Å². The average molecular weight is 414 g/mol. The molecule has 10 heteroatoms. The van der Waals surface area contributed by atoms with E-state index in [9.17, 15) is 4.79 Å². The molecule has 0 aliphatic carbocycles. The molecule has 0 radical (unpaired) electrons. The summed E-state index contributed by atoms with van der Waals surface area (Å²) in [6, 6.07) is 5.94. The van der Waals surface area contributed by atoms with Crippen LogP contribution in [0, 0.1) is 6.92 Å². The summed E-state index contributed by atoms with van der Waals surface area (Å²) < 4.78 is 6.86. The zero-order chi connectivity index (χ0) is 21.3. The predicted molar refractivity (Wildman–Crippen MR) is 109 cm³/mol. The SMILES string of the molecule is Cc1nccn1CCC1CCCCN1C(=O)NCc1ccc2nonc2c1.O=CO. The monoisotopic (exact) mass is 414 g/mol. The van der Waals surface area contributed by atoms with E-state index < -0.39 is 0 Å². The second-order valence-corrected chi connectivity index (χ2v) is 7.15. The summed E-state index contributed by atoms with van der Waals surface area (Å²) in [6.07, 6.45) is 8.05. The zero-order valence-electron chi connectivity index (χ0n) is 16.9. The van der Waals surface area contributed by atoms with Gasteiger partial charge in [-0.15, -0.1) is 0 Å². The first-order valence-electron chi connectivity index (χ1n) is 9.93. The normalized spacial score (nSPS) is 16.0. The van der Waals surface area contributed by atoms with E-state index in [-0.39, 0.29) is 18.5 Å². The van der Waals surface area contributed by atoms with E-state index in [4.69, 9.17) is 14.5 Å². The molecule has 160 valence electrons. The number of likely N-dealkylation sites (tertiary alicyclic amines) is 1. The Kier molecular flexibility index (Phi) is 7.36. The first-order chi connectivity index (χ1) is 14.6. The molecule has 1 atom stereocenters. The molecule has 10 nitrogen and oxygen atoms in total. The minimum absolute atomic E-state index is 0.000396. The van der Waals surface area contributed by atoms with E-state index in [0.717, 1.165) is 49.3 Å². The van der Waals surface area contributed by atoms with Gasteiger partial charge in [0.1, 0.15) is 16.9 Å². The third kappa shape index (κ3) is 5.34. The van der Waals surface area contributed by atoms with Gasteiger partial charge in [-0.05, 0) is 60.6 Å². The molecule has 3 aromatic rings. The number of carboxylic acid groups (broad SMARTS) is 1. The Hall–Kier alpha value is -3.43. The Balaban J connectivity index is 0.000000806. The zero-order valence-corrected chi connectivity index (χ0v) is 16.9. The highest BCUT2D eigenvalue weighted by Gasteiger charge is 2.26. The Labute approximate surface area is 173 Å². The molecular formula is C20H26N6O4. The number of piperidine rings is 1. The van der Waals surface area contributed by atoms with Crippen molar-refractivity contribution in [3.05, 3.63) is 42.0 Å². The Bertz CT molecular complexity index is 969. The molecule has 1 aliphatic rings. The summed E-state index contributed by atoms with van der Waals surface area (Å²) in [5.74, 6) is 1.01. The Morgan fingerprint density at radius 2 is 2.13 bits per heavy atom. The molecule has 30 heavy (non-hydrogen) atoms. The van der Waals surface area contributed by atoms with Crippen LogP contribution in [0.1, 0.15) is 37.1 Å². The minimum atomic E-state index is -0.250. The number of fused-ring (bicyclic) bond motifs is 1. The molecule has 1 saturated heterocycles. The summed E-state index contributed by atoms with van der Waals surface area (Å²) in [7, 11) is 0. The molecular weight excluding hydrogens is 388 g/mol. The number of benzene rings is 1. The number of hydrogen-bond acceptors (Lipinski definition) is 6. The minimum Gasteiger partial charge on any atom is -0.483 e. The van der Waals surface area contributed by atoms with Gasteiger partial charge in [0, 0.05) is 38.1 Å². The molecule has 0 saturated carbocycles. The van der Waals surface area contributed by atoms with Crippen LogP contribution in [0.4, 0.5) is 4.79 Å². The van der Waals surface area contributed by atoms with Crippen molar-refractivity contribution in [2.75, 3.05) is 6.54 Å². The van der Waals surface area contributed by atoms with Crippen molar-refractivity contribution in [2.45, 2.75) is 51.7 Å². The van der Waals surface area contributed by atoms with Gasteiger partial charge in [-0.25, -0.2) is 14.4 Å². The van der Waals surface area contributed by atoms with Crippen LogP contribution in [-0.4, -0.2) is 55.0 Å². The quantitative estimate of drug-likeness (QED) is 0.614. The maximum absolute atomic E-state index is 12.8. The van der Waals surface area contributed by atoms with Gasteiger partial charge in [-0.2, -0.15) is 0 Å². The maximum Gasteiger partial charge on any atom is 0.317 e. The summed E-state index contributed by atoms with van der Waals surface area (Å²) in [5, 5.41) is 17.6. The van der Waals surface area contributed by atoms with Gasteiger partial charge in [0.25, 0.3) is 6.47 Å². The van der Waals surface area contributed by atoms with Gasteiger partial charge >= 0.3 is 6.03 Å². The summed E-state index contributed by atoms with van der Waals surface area (Å²) in [6.45, 7) is 3.92. The van der Waals surface area contributed by atoms with Crippen molar-refractivity contribution in [3.8, 4) is 0 Å². The number of imidazole rings is 1. The fourth-order valence-electron chi connectivity index (χ4n) is 3.71. The highest BCUT2D eigenvalue weighted by Crippen LogP contribution is 2.21. The number of hydrogen-bond donors (Lipinski definition) is 2. The molecule has 1 aliphatic heterocycles. The van der Waals surface area contributed by atoms with E-state index >= 15 is 0 Å². The van der Waals surface area contributed by atoms with E-state index in [1.54, 1.807) is 0 Å². The number of nitrogens with zero attached hydrogens (tertiary/aromatic N) is 5. The van der Waals surface area contributed by atoms with E-state index in [1.165, 1.54) is 6.42 Å². The number of aromatic nitrogens is 4. The predicted octanol–water partition coefficient (Wildman–Crippen LogP) is 2.58. The number of rotatable bonds is 5. The molecule has 1 aromatic carbocycles. The lowest BCUT2D eigenvalue weighted by atomic mass is 9.99. The van der Waals surface area contributed by atoms with Crippen LogP contribution in [0.3, 0.4) is 0 Å². The fraction of sp³-hybridized carbons (Fsp3) is 0.450. The van der Waals surface area contributed by atoms with Crippen molar-refractivity contribution in [1.82, 2.24) is 30.1 Å². The number of carbonyl (C=O) groups excluding carboxylic acids is 1. The number of carbonyl (C=O) groups is 2. The van der Waals surface area contributed by atoms with Gasteiger partial charge in [0.05, 0.1) is 0 Å². The van der Waals surface area contributed by atoms with E-state index in [2.05, 4.69) is 25.2 Å². The van der Waals surface area contributed by atoms with E-state index in [1.807, 2.05) is 42.4 Å². The first kappa shape index (κ1) is 21.3. The third-order valence-corrected chi connectivity index (χ3v) is 5.28. The van der Waals surface area contributed by atoms with Crippen molar-refractivity contribution >= 4 is 23.5 Å². The van der Waals surface area contributed by atoms with Crippen LogP contribution >= 0.6 is 0 Å². The Morgan fingerprint density at radius 1 is 1.33 bits per heavy atom. The van der Waals surface area contributed by atoms with Crippen LogP contribution in [0.5, 0.6) is 0 Å². The standard InChI is InChI=1S/C19H24N6O2.CH2O2/c1-14-20-8-11-24(14)10-7-16-4-2-3-9-25(16)19(26)21-13-15-5-6-17-18(12-15)23-27-22-17;2-1-3/h5-6,8,11-12,16H,2-4,7,9-10,13H2,1H3,(H,21,26);1H,(H,2,3). The smallest absolute Gasteiger partial charge is 0.317 e. The molecule has 2 amide bonds. The molecule has 1 unspecified atom stereocenters. The van der Waals surface area contributed by atoms with Crippen molar-refractivity contribution in [3.63, 3.8) is 0 Å². The van der Waals surface area contributed by atoms with Crippen LogP contribution in [0.2, 0.25) is 0 Å².